The smallest absolute Gasteiger partial charge is 0.275 e. The van der Waals surface area contributed by atoms with Gasteiger partial charge in [0.1, 0.15) is 11.3 Å². The highest BCUT2D eigenvalue weighted by atomic mass is 16.8. The van der Waals surface area contributed by atoms with Crippen molar-refractivity contribution in [3.8, 4) is 40.4 Å². The highest BCUT2D eigenvalue weighted by Crippen LogP contribution is 2.59. The number of hydrogen-bond acceptors (Lipinski definition) is 8. The number of ether oxygens (including phenoxy) is 7. The lowest BCUT2D eigenvalue weighted by Crippen LogP contribution is -2.14. The molecule has 0 atom stereocenters. The van der Waals surface area contributed by atoms with Gasteiger partial charge >= 0.3 is 0 Å². The number of nitrogens with zero attached hydrogens (tertiary/aromatic N) is 1. The molecule has 4 aromatic carbocycles. The fraction of sp³-hybridized carbons (Fsp3) is 0.167. The third-order valence-corrected chi connectivity index (χ3v) is 6.75. The topological polar surface area (TPSA) is 78.8 Å². The van der Waals surface area contributed by atoms with Crippen LogP contribution in [-0.4, -0.2) is 31.9 Å². The zero-order chi connectivity index (χ0) is 21.3. The van der Waals surface area contributed by atoms with Gasteiger partial charge in [0, 0.05) is 16.2 Å². The van der Waals surface area contributed by atoms with Crippen molar-refractivity contribution in [1.82, 2.24) is 4.73 Å². The second-order valence-electron chi connectivity index (χ2n) is 8.17. The highest BCUT2D eigenvalue weighted by Gasteiger charge is 2.37. The van der Waals surface area contributed by atoms with Crippen LogP contribution in [0.25, 0.3) is 43.2 Å². The maximum Gasteiger partial charge on any atom is 0.275 e. The van der Waals surface area contributed by atoms with Crippen LogP contribution in [0.2, 0.25) is 0 Å². The van der Waals surface area contributed by atoms with Gasteiger partial charge in [-0.2, -0.15) is 0 Å². The molecule has 0 saturated carbocycles. The van der Waals surface area contributed by atoms with E-state index in [-0.39, 0.29) is 27.2 Å². The van der Waals surface area contributed by atoms with Gasteiger partial charge in [0.2, 0.25) is 20.4 Å². The highest BCUT2D eigenvalue weighted by molar-refractivity contribution is 6.29. The molecule has 0 aliphatic carbocycles. The Morgan fingerprint density at radius 2 is 1.15 bits per heavy atom. The minimum Gasteiger partial charge on any atom is -0.457 e. The zero-order valence-electron chi connectivity index (χ0n) is 16.9. The van der Waals surface area contributed by atoms with Crippen molar-refractivity contribution in [3.63, 3.8) is 0 Å². The van der Waals surface area contributed by atoms with E-state index in [4.69, 9.17) is 38.0 Å². The lowest BCUT2D eigenvalue weighted by Gasteiger charge is -2.23. The molecule has 0 bridgehead atoms. The summed E-state index contributed by atoms with van der Waals surface area (Å²) in [5, 5.41) is 6.33. The van der Waals surface area contributed by atoms with Crippen LogP contribution in [0.4, 0.5) is 0 Å². The van der Waals surface area contributed by atoms with Crippen molar-refractivity contribution in [2.24, 2.45) is 0 Å². The molecule has 0 amide bonds. The second kappa shape index (κ2) is 5.32. The first kappa shape index (κ1) is 16.3. The lowest BCUT2D eigenvalue weighted by molar-refractivity contribution is 0.0791. The monoisotopic (exact) mass is 443 g/mol. The van der Waals surface area contributed by atoms with Crippen LogP contribution in [0.1, 0.15) is 0 Å². The van der Waals surface area contributed by atoms with E-state index in [1.165, 1.54) is 0 Å². The summed E-state index contributed by atoms with van der Waals surface area (Å²) in [5.41, 5.74) is 0.802. The van der Waals surface area contributed by atoms with Gasteiger partial charge in [-0.3, -0.25) is 0 Å². The molecule has 0 spiro atoms. The Morgan fingerprint density at radius 1 is 0.515 bits per heavy atom. The van der Waals surface area contributed by atoms with E-state index in [0.29, 0.717) is 34.6 Å². The molecule has 1 aromatic heterocycles. The fourth-order valence-electron chi connectivity index (χ4n) is 5.54. The predicted molar refractivity (Wildman–Crippen MR) is 115 cm³/mol. The SMILES string of the molecule is c1cc2c3c(c4c5c(ccc6c5c(c5c7c(c8n(c76)OCO8)OCO5)OCO4)c3c1)OCO2. The van der Waals surface area contributed by atoms with Crippen LogP contribution < -0.4 is 38.0 Å². The van der Waals surface area contributed by atoms with Crippen LogP contribution in [0, 0.1) is 0 Å². The zero-order valence-corrected chi connectivity index (χ0v) is 16.9. The summed E-state index contributed by atoms with van der Waals surface area (Å²) in [6.07, 6.45) is 0. The molecular formula is C24H13NO8. The minimum atomic E-state index is 0.00237. The van der Waals surface area contributed by atoms with Crippen molar-refractivity contribution in [3.05, 3.63) is 30.3 Å². The Labute approximate surface area is 184 Å². The van der Waals surface area contributed by atoms with E-state index < -0.39 is 0 Å². The first-order valence-corrected chi connectivity index (χ1v) is 10.5. The molecule has 5 heterocycles. The summed E-state index contributed by atoms with van der Waals surface area (Å²) >= 11 is 0. The normalized spacial score (nSPS) is 16.7. The summed E-state index contributed by atoms with van der Waals surface area (Å²) in [5.74, 6) is 4.36. The summed E-state index contributed by atoms with van der Waals surface area (Å²) in [7, 11) is 0. The standard InChI is InChI=1S/C24H13NO8/c1-2-10-11-4-5-12-16-15(11)20(19-14(10)13(3-1)26-6-27-19)28-7-29-21(16)22-17-18(12)25-24(32-9-33-25)23(17)31-8-30-22/h1-5H,6-9H2. The number of aromatic nitrogens is 1. The maximum absolute atomic E-state index is 6.18. The molecule has 0 radical (unpaired) electrons. The van der Waals surface area contributed by atoms with Crippen molar-refractivity contribution < 1.29 is 38.0 Å². The molecule has 9 rings (SSSR count). The summed E-state index contributed by atoms with van der Waals surface area (Å²) in [4.78, 5) is 5.80. The molecule has 162 valence electrons. The summed E-state index contributed by atoms with van der Waals surface area (Å²) in [6, 6.07) is 10.1. The molecule has 9 heteroatoms. The van der Waals surface area contributed by atoms with Gasteiger partial charge in [0.25, 0.3) is 12.7 Å². The summed E-state index contributed by atoms with van der Waals surface area (Å²) in [6.45, 7) is 0.275. The molecule has 9 nitrogen and oxygen atoms in total. The van der Waals surface area contributed by atoms with Crippen LogP contribution >= 0.6 is 0 Å². The van der Waals surface area contributed by atoms with Gasteiger partial charge in [-0.05, 0) is 16.8 Å². The van der Waals surface area contributed by atoms with Gasteiger partial charge < -0.3 is 38.0 Å². The largest absolute Gasteiger partial charge is 0.457 e. The third kappa shape index (κ3) is 1.72. The number of fused-ring (bicyclic) bond motifs is 7. The molecule has 33 heavy (non-hydrogen) atoms. The van der Waals surface area contributed by atoms with E-state index in [9.17, 15) is 0 Å². The van der Waals surface area contributed by atoms with Gasteiger partial charge in [-0.1, -0.05) is 24.3 Å². The third-order valence-electron chi connectivity index (χ3n) is 6.75. The number of benzene rings is 4. The van der Waals surface area contributed by atoms with Crippen LogP contribution in [0.3, 0.4) is 0 Å². The Kier molecular flexibility index (Phi) is 2.62. The van der Waals surface area contributed by atoms with E-state index >= 15 is 0 Å². The quantitative estimate of drug-likeness (QED) is 0.332. The van der Waals surface area contributed by atoms with Gasteiger partial charge in [-0.25, -0.2) is 0 Å². The molecule has 5 aromatic rings. The van der Waals surface area contributed by atoms with Crippen molar-refractivity contribution in [1.29, 1.82) is 0 Å². The van der Waals surface area contributed by atoms with Crippen LogP contribution in [0.5, 0.6) is 40.4 Å². The molecule has 0 saturated heterocycles. The molecule has 0 unspecified atom stereocenters. The minimum absolute atomic E-state index is 0.00237. The van der Waals surface area contributed by atoms with E-state index in [2.05, 4.69) is 18.2 Å². The van der Waals surface area contributed by atoms with Crippen LogP contribution in [-0.2, 0) is 0 Å². The number of hydrogen-bond donors (Lipinski definition) is 0. The molecule has 4 aliphatic heterocycles. The van der Waals surface area contributed by atoms with E-state index in [0.717, 1.165) is 49.0 Å². The molecular weight excluding hydrogens is 430 g/mol. The van der Waals surface area contributed by atoms with Gasteiger partial charge in [0.05, 0.1) is 10.8 Å². The van der Waals surface area contributed by atoms with E-state index in [1.54, 1.807) is 4.73 Å². The van der Waals surface area contributed by atoms with E-state index in [1.807, 2.05) is 12.1 Å². The fourth-order valence-corrected chi connectivity index (χ4v) is 5.54. The van der Waals surface area contributed by atoms with Gasteiger partial charge in [0.15, 0.2) is 28.7 Å². The maximum atomic E-state index is 6.18. The van der Waals surface area contributed by atoms with Gasteiger partial charge in [-0.15, -0.1) is 4.73 Å². The molecule has 0 fully saturated rings. The first-order valence-electron chi connectivity index (χ1n) is 10.5. The Morgan fingerprint density at radius 3 is 2.00 bits per heavy atom. The van der Waals surface area contributed by atoms with Crippen molar-refractivity contribution in [2.45, 2.75) is 0 Å². The average Bonchev–Trinajstić information content (AvgIpc) is 3.38. The summed E-state index contributed by atoms with van der Waals surface area (Å²) < 4.78 is 43.3. The first-order chi connectivity index (χ1) is 16.4. The molecule has 0 N–H and O–H groups in total. The molecule has 4 aliphatic rings. The number of rotatable bonds is 0. The second-order valence-corrected chi connectivity index (χ2v) is 8.17. The van der Waals surface area contributed by atoms with Crippen molar-refractivity contribution in [2.75, 3.05) is 27.2 Å². The predicted octanol–water partition coefficient (Wildman–Crippen LogP) is 4.07. The van der Waals surface area contributed by atoms with Crippen molar-refractivity contribution >= 4 is 43.2 Å². The Hall–Kier alpha value is -4.40. The van der Waals surface area contributed by atoms with Crippen LogP contribution in [0.15, 0.2) is 30.3 Å². The Balaban J connectivity index is 1.59. The Bertz CT molecular complexity index is 1740. The average molecular weight is 443 g/mol. The lowest BCUT2D eigenvalue weighted by atomic mass is 9.93.